The van der Waals surface area contributed by atoms with Crippen LogP contribution in [0.15, 0.2) is 72.9 Å². The molecule has 0 fully saturated rings. The number of carbonyl (C=O) groups is 2. The second-order valence-corrected chi connectivity index (χ2v) is 6.87. The number of aromatic nitrogens is 1. The summed E-state index contributed by atoms with van der Waals surface area (Å²) in [5.74, 6) is -0.843. The maximum absolute atomic E-state index is 12.7. The van der Waals surface area contributed by atoms with Crippen molar-refractivity contribution < 1.29 is 14.3 Å². The summed E-state index contributed by atoms with van der Waals surface area (Å²) < 4.78 is 5.04. The van der Waals surface area contributed by atoms with Gasteiger partial charge < -0.3 is 15.0 Å². The molecule has 0 bridgehead atoms. The van der Waals surface area contributed by atoms with E-state index in [1.54, 1.807) is 12.1 Å². The summed E-state index contributed by atoms with van der Waals surface area (Å²) in [4.78, 5) is 28.7. The van der Waals surface area contributed by atoms with Gasteiger partial charge in [0.15, 0.2) is 0 Å². The average molecular weight is 398 g/mol. The zero-order valence-electron chi connectivity index (χ0n) is 16.9. The molecule has 0 spiro atoms. The van der Waals surface area contributed by atoms with Crippen LogP contribution in [0.4, 0.5) is 0 Å². The lowest BCUT2D eigenvalue weighted by molar-refractivity contribution is 0.0597. The van der Waals surface area contributed by atoms with Crippen molar-refractivity contribution in [2.75, 3.05) is 13.7 Å². The minimum absolute atomic E-state index is 0.262. The Labute approximate surface area is 174 Å². The molecular weight excluding hydrogens is 376 g/mol. The molecule has 4 aromatic rings. The molecule has 1 heterocycles. The molecule has 3 aromatic carbocycles. The minimum atomic E-state index is -0.541. The van der Waals surface area contributed by atoms with Crippen LogP contribution in [-0.2, 0) is 4.74 Å². The van der Waals surface area contributed by atoms with E-state index < -0.39 is 5.97 Å². The fourth-order valence-corrected chi connectivity index (χ4v) is 3.79. The number of hydrogen-bond donors (Lipinski definition) is 2. The number of rotatable bonds is 5. The molecule has 0 aliphatic carbocycles. The van der Waals surface area contributed by atoms with Crippen LogP contribution in [0.1, 0.15) is 27.6 Å². The predicted octanol–water partition coefficient (Wildman–Crippen LogP) is 5.04. The van der Waals surface area contributed by atoms with Gasteiger partial charge in [-0.1, -0.05) is 54.6 Å². The number of ether oxygens (including phenoxy) is 1. The largest absolute Gasteiger partial charge is 0.465 e. The SMILES string of the molecule is CCNC(=O)c1cccc(-c2ccccc2-c2c[nH]c3ccccc23)c1C(=O)OC. The van der Waals surface area contributed by atoms with Crippen LogP contribution in [0.25, 0.3) is 33.2 Å². The molecule has 1 amide bonds. The lowest BCUT2D eigenvalue weighted by Gasteiger charge is -2.16. The van der Waals surface area contributed by atoms with Gasteiger partial charge >= 0.3 is 5.97 Å². The first-order chi connectivity index (χ1) is 14.7. The number of aromatic amines is 1. The Morgan fingerprint density at radius 3 is 2.27 bits per heavy atom. The van der Waals surface area contributed by atoms with Gasteiger partial charge in [0.2, 0.25) is 0 Å². The number of esters is 1. The molecule has 5 heteroatoms. The van der Waals surface area contributed by atoms with E-state index in [1.165, 1.54) is 7.11 Å². The van der Waals surface area contributed by atoms with Crippen LogP contribution in [0.2, 0.25) is 0 Å². The Morgan fingerprint density at radius 1 is 0.867 bits per heavy atom. The van der Waals surface area contributed by atoms with E-state index in [1.807, 2.05) is 61.7 Å². The zero-order chi connectivity index (χ0) is 21.1. The highest BCUT2D eigenvalue weighted by Gasteiger charge is 2.24. The second kappa shape index (κ2) is 8.25. The molecule has 0 atom stereocenters. The Balaban J connectivity index is 1.97. The number of carbonyl (C=O) groups excluding carboxylic acids is 2. The number of hydrogen-bond acceptors (Lipinski definition) is 3. The van der Waals surface area contributed by atoms with Crippen molar-refractivity contribution in [1.29, 1.82) is 0 Å². The number of fused-ring (bicyclic) bond motifs is 1. The van der Waals surface area contributed by atoms with Crippen molar-refractivity contribution in [3.8, 4) is 22.3 Å². The Kier molecular flexibility index (Phi) is 5.35. The van der Waals surface area contributed by atoms with E-state index in [2.05, 4.69) is 16.4 Å². The van der Waals surface area contributed by atoms with Gasteiger partial charge in [-0.2, -0.15) is 0 Å². The maximum Gasteiger partial charge on any atom is 0.339 e. The fourth-order valence-electron chi connectivity index (χ4n) is 3.79. The van der Waals surface area contributed by atoms with Gasteiger partial charge in [0.05, 0.1) is 18.2 Å². The van der Waals surface area contributed by atoms with Crippen LogP contribution in [-0.4, -0.2) is 30.5 Å². The molecule has 0 unspecified atom stereocenters. The molecule has 0 aliphatic heterocycles. The third-order valence-electron chi connectivity index (χ3n) is 5.13. The maximum atomic E-state index is 12.7. The van der Waals surface area contributed by atoms with Crippen molar-refractivity contribution in [3.63, 3.8) is 0 Å². The van der Waals surface area contributed by atoms with Gasteiger partial charge in [0.25, 0.3) is 5.91 Å². The molecule has 0 aliphatic rings. The molecule has 2 N–H and O–H groups in total. The number of nitrogens with one attached hydrogen (secondary N) is 2. The third kappa shape index (κ3) is 3.35. The van der Waals surface area contributed by atoms with Crippen LogP contribution >= 0.6 is 0 Å². The summed E-state index contributed by atoms with van der Waals surface area (Å²) in [6.07, 6.45) is 1.97. The monoisotopic (exact) mass is 398 g/mol. The first-order valence-electron chi connectivity index (χ1n) is 9.81. The summed E-state index contributed by atoms with van der Waals surface area (Å²) in [5, 5.41) is 3.86. The summed E-state index contributed by atoms with van der Waals surface area (Å²) in [6, 6.07) is 21.2. The topological polar surface area (TPSA) is 71.2 Å². The lowest BCUT2D eigenvalue weighted by atomic mass is 9.89. The Bertz CT molecular complexity index is 1240. The van der Waals surface area contributed by atoms with Crippen LogP contribution in [0.3, 0.4) is 0 Å². The van der Waals surface area contributed by atoms with E-state index in [0.717, 1.165) is 27.6 Å². The van der Waals surface area contributed by atoms with Crippen molar-refractivity contribution >= 4 is 22.8 Å². The van der Waals surface area contributed by atoms with Crippen LogP contribution in [0.5, 0.6) is 0 Å². The van der Waals surface area contributed by atoms with Gasteiger partial charge in [0, 0.05) is 29.2 Å². The van der Waals surface area contributed by atoms with Crippen molar-refractivity contribution in [2.24, 2.45) is 0 Å². The number of H-pyrrole nitrogens is 1. The standard InChI is InChI=1S/C25H22N2O3/c1-3-26-24(28)20-13-8-12-19(23(20)25(29)30-2)16-9-4-5-10-17(16)21-15-27-22-14-7-6-11-18(21)22/h4-15,27H,3H2,1-2H3,(H,26,28). The molecule has 5 nitrogen and oxygen atoms in total. The van der Waals surface area contributed by atoms with E-state index >= 15 is 0 Å². The number of amides is 1. The third-order valence-corrected chi connectivity index (χ3v) is 5.13. The van der Waals surface area contributed by atoms with Crippen molar-refractivity contribution in [2.45, 2.75) is 6.92 Å². The van der Waals surface area contributed by atoms with Gasteiger partial charge in [-0.05, 0) is 35.7 Å². The molecule has 0 saturated heterocycles. The van der Waals surface area contributed by atoms with Crippen LogP contribution in [0, 0.1) is 0 Å². The smallest absolute Gasteiger partial charge is 0.339 e. The molecule has 0 radical (unpaired) electrons. The van der Waals surface area contributed by atoms with Gasteiger partial charge in [-0.3, -0.25) is 4.79 Å². The first-order valence-corrected chi connectivity index (χ1v) is 9.81. The summed E-state index contributed by atoms with van der Waals surface area (Å²) in [7, 11) is 1.33. The number of para-hydroxylation sites is 1. The van der Waals surface area contributed by atoms with Gasteiger partial charge in [-0.15, -0.1) is 0 Å². The second-order valence-electron chi connectivity index (χ2n) is 6.87. The predicted molar refractivity (Wildman–Crippen MR) is 119 cm³/mol. The first kappa shape index (κ1) is 19.5. The number of methoxy groups -OCH3 is 1. The van der Waals surface area contributed by atoms with E-state index in [0.29, 0.717) is 17.7 Å². The molecular formula is C25H22N2O3. The quantitative estimate of drug-likeness (QED) is 0.463. The normalized spacial score (nSPS) is 10.7. The van der Waals surface area contributed by atoms with E-state index in [9.17, 15) is 9.59 Å². The van der Waals surface area contributed by atoms with Crippen molar-refractivity contribution in [3.05, 3.63) is 84.1 Å². The number of benzene rings is 3. The highest BCUT2D eigenvalue weighted by Crippen LogP contribution is 2.38. The fraction of sp³-hybridized carbons (Fsp3) is 0.120. The minimum Gasteiger partial charge on any atom is -0.465 e. The molecule has 1 aromatic heterocycles. The zero-order valence-corrected chi connectivity index (χ0v) is 16.9. The Hall–Kier alpha value is -3.86. The van der Waals surface area contributed by atoms with E-state index in [4.69, 9.17) is 4.74 Å². The van der Waals surface area contributed by atoms with Gasteiger partial charge in [-0.25, -0.2) is 4.79 Å². The summed E-state index contributed by atoms with van der Waals surface area (Å²) in [5.41, 5.74) is 5.11. The van der Waals surface area contributed by atoms with E-state index in [-0.39, 0.29) is 11.5 Å². The molecule has 150 valence electrons. The Morgan fingerprint density at radius 2 is 1.53 bits per heavy atom. The van der Waals surface area contributed by atoms with Crippen molar-refractivity contribution in [1.82, 2.24) is 10.3 Å². The molecule has 0 saturated carbocycles. The summed E-state index contributed by atoms with van der Waals surface area (Å²) >= 11 is 0. The lowest BCUT2D eigenvalue weighted by Crippen LogP contribution is -2.25. The van der Waals surface area contributed by atoms with Gasteiger partial charge in [0.1, 0.15) is 0 Å². The van der Waals surface area contributed by atoms with Crippen LogP contribution < -0.4 is 5.32 Å². The molecule has 30 heavy (non-hydrogen) atoms. The highest BCUT2D eigenvalue weighted by atomic mass is 16.5. The molecule has 4 rings (SSSR count). The highest BCUT2D eigenvalue weighted by molar-refractivity contribution is 6.11. The summed E-state index contributed by atoms with van der Waals surface area (Å²) in [6.45, 7) is 2.31. The average Bonchev–Trinajstić information content (AvgIpc) is 3.22.